The highest BCUT2D eigenvalue weighted by Crippen LogP contribution is 2.37. The number of nitrogens with zero attached hydrogens (tertiary/aromatic N) is 6. The van der Waals surface area contributed by atoms with Crippen molar-refractivity contribution in [2.45, 2.75) is 31.7 Å². The molecule has 0 spiro atoms. The Labute approximate surface area is 248 Å². The Kier molecular flexibility index (Phi) is 7.69. The summed E-state index contributed by atoms with van der Waals surface area (Å²) in [4.78, 5) is 78.3. The fourth-order valence-electron chi connectivity index (χ4n) is 6.37. The third-order valence-corrected chi connectivity index (χ3v) is 8.78. The Morgan fingerprint density at radius 2 is 1.65 bits per heavy atom. The number of methoxy groups -OCH3 is 1. The molecule has 14 heteroatoms. The van der Waals surface area contributed by atoms with E-state index < -0.39 is 35.6 Å². The molecular weight excluding hydrogens is 556 g/mol. The highest BCUT2D eigenvalue weighted by molar-refractivity contribution is 6.25. The minimum Gasteiger partial charge on any atom is -0.496 e. The number of piperidine rings is 2. The Hall–Kier alpha value is -4.59. The van der Waals surface area contributed by atoms with Crippen molar-refractivity contribution in [3.8, 4) is 5.75 Å². The second-order valence-corrected chi connectivity index (χ2v) is 11.4. The van der Waals surface area contributed by atoms with Gasteiger partial charge in [0.2, 0.25) is 17.8 Å². The molecule has 0 saturated carbocycles. The highest BCUT2D eigenvalue weighted by atomic mass is 16.5. The summed E-state index contributed by atoms with van der Waals surface area (Å²) in [5.74, 6) is -1.26. The van der Waals surface area contributed by atoms with Gasteiger partial charge in [-0.25, -0.2) is 9.97 Å². The second-order valence-electron chi connectivity index (χ2n) is 11.4. The van der Waals surface area contributed by atoms with Gasteiger partial charge < -0.3 is 20.3 Å². The number of rotatable bonds is 7. The van der Waals surface area contributed by atoms with Crippen LogP contribution in [-0.4, -0.2) is 108 Å². The largest absolute Gasteiger partial charge is 0.496 e. The van der Waals surface area contributed by atoms with Gasteiger partial charge in [-0.2, -0.15) is 0 Å². The number of ether oxygens (including phenoxy) is 1. The zero-order valence-corrected chi connectivity index (χ0v) is 24.0. The molecule has 1 unspecified atom stereocenters. The summed E-state index contributed by atoms with van der Waals surface area (Å²) >= 11 is 0. The van der Waals surface area contributed by atoms with E-state index in [0.717, 1.165) is 69.2 Å². The summed E-state index contributed by atoms with van der Waals surface area (Å²) in [6.45, 7) is 5.89. The number of hydrogen-bond donors (Lipinski definition) is 2. The van der Waals surface area contributed by atoms with Crippen LogP contribution in [-0.2, 0) is 9.59 Å². The van der Waals surface area contributed by atoms with Crippen LogP contribution in [0, 0.1) is 5.92 Å². The summed E-state index contributed by atoms with van der Waals surface area (Å²) in [5.41, 5.74) is 6.73. The lowest BCUT2D eigenvalue weighted by Crippen LogP contribution is -2.54. The molecule has 2 aromatic rings. The van der Waals surface area contributed by atoms with Gasteiger partial charge in [-0.1, -0.05) is 0 Å². The van der Waals surface area contributed by atoms with Crippen molar-refractivity contribution in [1.29, 1.82) is 0 Å². The molecule has 0 aliphatic carbocycles. The normalized spacial score (nSPS) is 21.7. The Balaban J connectivity index is 1.05. The Morgan fingerprint density at radius 1 is 0.953 bits per heavy atom. The number of amides is 5. The maximum Gasteiger partial charge on any atom is 0.266 e. The first kappa shape index (κ1) is 28.5. The number of hydrogen-bond acceptors (Lipinski definition) is 11. The maximum atomic E-state index is 13.4. The van der Waals surface area contributed by atoms with Crippen LogP contribution in [0.15, 0.2) is 24.5 Å². The SMILES string of the molecule is COc1cc(N2CCN(CC3CCN(c4ncc(C(N)=O)cn4)CC3)CC2)cc2c1C(=O)N(C1CCC(=O)NC1=O)C2=O. The number of imide groups is 2. The number of aromatic nitrogens is 2. The van der Waals surface area contributed by atoms with Gasteiger partial charge in [0.05, 0.1) is 23.8 Å². The maximum absolute atomic E-state index is 13.4. The van der Waals surface area contributed by atoms with Crippen LogP contribution in [0.1, 0.15) is 56.8 Å². The van der Waals surface area contributed by atoms with Crippen LogP contribution >= 0.6 is 0 Å². The molecule has 4 aliphatic heterocycles. The quantitative estimate of drug-likeness (QED) is 0.417. The first-order valence-electron chi connectivity index (χ1n) is 14.5. The van der Waals surface area contributed by atoms with E-state index in [9.17, 15) is 24.0 Å². The Bertz CT molecular complexity index is 1460. The van der Waals surface area contributed by atoms with Crippen molar-refractivity contribution in [3.05, 3.63) is 41.2 Å². The molecule has 0 bridgehead atoms. The van der Waals surface area contributed by atoms with Crippen molar-refractivity contribution < 1.29 is 28.7 Å². The average Bonchev–Trinajstić information content (AvgIpc) is 3.26. The minimum absolute atomic E-state index is 0.0657. The number of anilines is 2. The van der Waals surface area contributed by atoms with Crippen molar-refractivity contribution in [1.82, 2.24) is 25.1 Å². The third kappa shape index (κ3) is 5.49. The number of carbonyl (C=O) groups excluding carboxylic acids is 5. The lowest BCUT2D eigenvalue weighted by molar-refractivity contribution is -0.136. The minimum atomic E-state index is -1.02. The van der Waals surface area contributed by atoms with Crippen LogP contribution in [0.25, 0.3) is 0 Å². The van der Waals surface area contributed by atoms with Crippen LogP contribution < -0.4 is 25.6 Å². The fraction of sp³-hybridized carbons (Fsp3) is 0.483. The fourth-order valence-corrected chi connectivity index (χ4v) is 6.37. The lowest BCUT2D eigenvalue weighted by Gasteiger charge is -2.39. The van der Waals surface area contributed by atoms with Gasteiger partial charge in [-0.15, -0.1) is 0 Å². The monoisotopic (exact) mass is 590 g/mol. The Morgan fingerprint density at radius 3 is 2.28 bits per heavy atom. The molecule has 3 saturated heterocycles. The van der Waals surface area contributed by atoms with Crippen molar-refractivity contribution >= 4 is 41.2 Å². The van der Waals surface area contributed by atoms with E-state index in [1.54, 1.807) is 12.1 Å². The van der Waals surface area contributed by atoms with Gasteiger partial charge >= 0.3 is 0 Å². The van der Waals surface area contributed by atoms with Gasteiger partial charge in [0.25, 0.3) is 17.7 Å². The number of fused-ring (bicyclic) bond motifs is 1. The average molecular weight is 591 g/mol. The first-order valence-corrected chi connectivity index (χ1v) is 14.5. The molecule has 4 aliphatic rings. The standard InChI is InChI=1S/C29H34N8O6/c1-43-22-13-19(12-20-24(22)28(42)37(27(20)41)21-2-3-23(38)33-26(21)40)35-10-8-34(9-11-35)16-17-4-6-36(7-5-17)29-31-14-18(15-32-29)25(30)39/h12-15,17,21H,2-11,16H2,1H3,(H2,30,39)(H,33,38,40). The van der Waals surface area contributed by atoms with E-state index in [4.69, 9.17) is 10.5 Å². The van der Waals surface area contributed by atoms with Crippen molar-refractivity contribution in [3.63, 3.8) is 0 Å². The van der Waals surface area contributed by atoms with Crippen molar-refractivity contribution in [2.75, 3.05) is 62.7 Å². The van der Waals surface area contributed by atoms with Crippen molar-refractivity contribution in [2.24, 2.45) is 11.7 Å². The summed E-state index contributed by atoms with van der Waals surface area (Å²) in [5, 5.41) is 2.22. The van der Waals surface area contributed by atoms with E-state index in [0.29, 0.717) is 23.2 Å². The van der Waals surface area contributed by atoms with E-state index in [-0.39, 0.29) is 24.0 Å². The lowest BCUT2D eigenvalue weighted by atomic mass is 9.96. The molecule has 43 heavy (non-hydrogen) atoms. The molecule has 1 aromatic heterocycles. The zero-order valence-electron chi connectivity index (χ0n) is 24.0. The van der Waals surface area contributed by atoms with E-state index in [1.165, 1.54) is 19.5 Å². The van der Waals surface area contributed by atoms with Gasteiger partial charge in [0.1, 0.15) is 11.8 Å². The van der Waals surface area contributed by atoms with Crippen LogP contribution in [0.2, 0.25) is 0 Å². The van der Waals surface area contributed by atoms with Gasteiger partial charge in [-0.3, -0.25) is 39.1 Å². The molecule has 14 nitrogen and oxygen atoms in total. The van der Waals surface area contributed by atoms with E-state index in [1.807, 2.05) is 0 Å². The number of benzene rings is 1. The summed E-state index contributed by atoms with van der Waals surface area (Å²) in [6.07, 6.45) is 5.14. The highest BCUT2D eigenvalue weighted by Gasteiger charge is 2.46. The van der Waals surface area contributed by atoms with Crippen LogP contribution in [0.3, 0.4) is 0 Å². The predicted molar refractivity (Wildman–Crippen MR) is 154 cm³/mol. The molecule has 6 rings (SSSR count). The van der Waals surface area contributed by atoms with Crippen LogP contribution in [0.4, 0.5) is 11.6 Å². The number of primary amides is 1. The zero-order chi connectivity index (χ0) is 30.2. The summed E-state index contributed by atoms with van der Waals surface area (Å²) < 4.78 is 5.54. The number of nitrogens with two attached hydrogens (primary N) is 1. The number of piperazine rings is 1. The molecule has 1 aromatic carbocycles. The molecule has 3 fully saturated rings. The number of carbonyl (C=O) groups is 5. The van der Waals surface area contributed by atoms with Gasteiger partial charge in [0.15, 0.2) is 0 Å². The molecule has 3 N–H and O–H groups in total. The summed E-state index contributed by atoms with van der Waals surface area (Å²) in [6, 6.07) is 2.47. The predicted octanol–water partition coefficient (Wildman–Crippen LogP) is 0.0239. The van der Waals surface area contributed by atoms with Crippen LogP contribution in [0.5, 0.6) is 5.75 Å². The second kappa shape index (κ2) is 11.6. The first-order chi connectivity index (χ1) is 20.7. The van der Waals surface area contributed by atoms with E-state index >= 15 is 0 Å². The topological polar surface area (TPSA) is 171 Å². The summed E-state index contributed by atoms with van der Waals surface area (Å²) in [7, 11) is 1.46. The van der Waals surface area contributed by atoms with E-state index in [2.05, 4.69) is 30.0 Å². The third-order valence-electron chi connectivity index (χ3n) is 8.78. The number of nitrogens with one attached hydrogen (secondary N) is 1. The molecule has 5 heterocycles. The van der Waals surface area contributed by atoms with Gasteiger partial charge in [0, 0.05) is 76.4 Å². The van der Waals surface area contributed by atoms with Gasteiger partial charge in [-0.05, 0) is 31.2 Å². The molecule has 226 valence electrons. The molecule has 0 radical (unpaired) electrons. The molecule has 5 amide bonds. The smallest absolute Gasteiger partial charge is 0.266 e. The molecule has 1 atom stereocenters. The molecular formula is C29H34N8O6.